The van der Waals surface area contributed by atoms with Crippen LogP contribution in [0.5, 0.6) is 0 Å². The van der Waals surface area contributed by atoms with Crippen LogP contribution in [0, 0.1) is 5.41 Å². The first-order valence-corrected chi connectivity index (χ1v) is 5.30. The molecule has 1 aliphatic heterocycles. The summed E-state index contributed by atoms with van der Waals surface area (Å²) >= 11 is 5.86. The third-order valence-corrected chi connectivity index (χ3v) is 2.88. The quantitative estimate of drug-likeness (QED) is 0.824. The smallest absolute Gasteiger partial charge is 0.0584 e. The second-order valence-corrected chi connectivity index (χ2v) is 4.45. The molecule has 0 amide bonds. The molecule has 0 bridgehead atoms. The van der Waals surface area contributed by atoms with Gasteiger partial charge in [-0.1, -0.05) is 17.7 Å². The first kappa shape index (κ1) is 10.7. The Balaban J connectivity index is 1.92. The molecule has 82 valence electrons. The summed E-state index contributed by atoms with van der Waals surface area (Å²) in [6, 6.07) is 7.55. The van der Waals surface area contributed by atoms with E-state index >= 15 is 0 Å². The minimum atomic E-state index is -0.109. The molecule has 0 aliphatic carbocycles. The highest BCUT2D eigenvalue weighted by Crippen LogP contribution is 2.27. The molecule has 0 atom stereocenters. The van der Waals surface area contributed by atoms with Gasteiger partial charge < -0.3 is 15.2 Å². The lowest BCUT2D eigenvalue weighted by Gasteiger charge is -2.40. The van der Waals surface area contributed by atoms with E-state index in [1.54, 1.807) is 0 Å². The molecule has 15 heavy (non-hydrogen) atoms. The third kappa shape index (κ3) is 2.43. The number of anilines is 1. The molecule has 2 N–H and O–H groups in total. The molecule has 2 rings (SSSR count). The largest absolute Gasteiger partial charge is 0.396 e. The number of hydrogen-bond acceptors (Lipinski definition) is 3. The second-order valence-electron chi connectivity index (χ2n) is 4.01. The van der Waals surface area contributed by atoms with E-state index in [4.69, 9.17) is 16.3 Å². The van der Waals surface area contributed by atoms with E-state index in [0.29, 0.717) is 24.8 Å². The van der Waals surface area contributed by atoms with Crippen molar-refractivity contribution < 1.29 is 9.84 Å². The fraction of sp³-hybridized carbons (Fsp3) is 0.455. The molecule has 1 saturated heterocycles. The summed E-state index contributed by atoms with van der Waals surface area (Å²) in [6.45, 7) is 2.11. The van der Waals surface area contributed by atoms with Crippen LogP contribution in [0.3, 0.4) is 0 Å². The van der Waals surface area contributed by atoms with Crippen LogP contribution in [0.4, 0.5) is 5.69 Å². The molecule has 1 fully saturated rings. The van der Waals surface area contributed by atoms with Crippen LogP contribution in [0.1, 0.15) is 0 Å². The van der Waals surface area contributed by atoms with Crippen molar-refractivity contribution in [3.05, 3.63) is 29.3 Å². The highest BCUT2D eigenvalue weighted by Gasteiger charge is 2.37. The summed E-state index contributed by atoms with van der Waals surface area (Å²) in [5.74, 6) is 0. The van der Waals surface area contributed by atoms with E-state index < -0.39 is 0 Å². The Morgan fingerprint density at radius 3 is 2.80 bits per heavy atom. The summed E-state index contributed by atoms with van der Waals surface area (Å²) < 4.78 is 5.12. The molecule has 0 saturated carbocycles. The zero-order chi connectivity index (χ0) is 10.7. The zero-order valence-corrected chi connectivity index (χ0v) is 9.13. The van der Waals surface area contributed by atoms with Gasteiger partial charge in [-0.2, -0.15) is 0 Å². The van der Waals surface area contributed by atoms with Gasteiger partial charge in [0.1, 0.15) is 0 Å². The summed E-state index contributed by atoms with van der Waals surface area (Å²) in [4.78, 5) is 0. The lowest BCUT2D eigenvalue weighted by Crippen LogP contribution is -2.50. The highest BCUT2D eigenvalue weighted by molar-refractivity contribution is 6.30. The molecular formula is C11H14ClNO2. The molecule has 1 aromatic rings. The van der Waals surface area contributed by atoms with Crippen molar-refractivity contribution in [3.63, 3.8) is 0 Å². The maximum absolute atomic E-state index is 9.22. The van der Waals surface area contributed by atoms with E-state index in [1.165, 1.54) is 0 Å². The first-order chi connectivity index (χ1) is 7.24. The van der Waals surface area contributed by atoms with Crippen LogP contribution < -0.4 is 5.32 Å². The Morgan fingerprint density at radius 1 is 1.47 bits per heavy atom. The molecule has 1 aromatic carbocycles. The summed E-state index contributed by atoms with van der Waals surface area (Å²) in [5, 5.41) is 13.2. The van der Waals surface area contributed by atoms with Crippen molar-refractivity contribution in [1.82, 2.24) is 0 Å². The molecule has 1 aliphatic rings. The molecule has 0 spiro atoms. The SMILES string of the molecule is OCC1(CNc2cccc(Cl)c2)COC1. The maximum atomic E-state index is 9.22. The van der Waals surface area contributed by atoms with Gasteiger partial charge in [-0.25, -0.2) is 0 Å². The summed E-state index contributed by atoms with van der Waals surface area (Å²) in [7, 11) is 0. The van der Waals surface area contributed by atoms with Crippen molar-refractivity contribution in [2.24, 2.45) is 5.41 Å². The van der Waals surface area contributed by atoms with Gasteiger partial charge in [-0.3, -0.25) is 0 Å². The topological polar surface area (TPSA) is 41.5 Å². The van der Waals surface area contributed by atoms with Crippen molar-refractivity contribution >= 4 is 17.3 Å². The Hall–Kier alpha value is -0.770. The van der Waals surface area contributed by atoms with Gasteiger partial charge in [0.25, 0.3) is 0 Å². The van der Waals surface area contributed by atoms with Crippen LogP contribution in [-0.2, 0) is 4.74 Å². The predicted octanol–water partition coefficient (Wildman–Crippen LogP) is 1.76. The van der Waals surface area contributed by atoms with Crippen molar-refractivity contribution in [1.29, 1.82) is 0 Å². The third-order valence-electron chi connectivity index (χ3n) is 2.64. The Morgan fingerprint density at radius 2 is 2.27 bits per heavy atom. The van der Waals surface area contributed by atoms with Crippen LogP contribution in [0.15, 0.2) is 24.3 Å². The zero-order valence-electron chi connectivity index (χ0n) is 8.37. The summed E-state index contributed by atoms with van der Waals surface area (Å²) in [6.07, 6.45) is 0. The number of ether oxygens (including phenoxy) is 1. The van der Waals surface area contributed by atoms with Crippen LogP contribution >= 0.6 is 11.6 Å². The average molecular weight is 228 g/mol. The lowest BCUT2D eigenvalue weighted by molar-refractivity contribution is -0.128. The normalized spacial score (nSPS) is 18.3. The van der Waals surface area contributed by atoms with Gasteiger partial charge in [0.15, 0.2) is 0 Å². The van der Waals surface area contributed by atoms with Crippen molar-refractivity contribution in [2.45, 2.75) is 0 Å². The van der Waals surface area contributed by atoms with Gasteiger partial charge in [-0.05, 0) is 18.2 Å². The number of aliphatic hydroxyl groups is 1. The van der Waals surface area contributed by atoms with E-state index in [9.17, 15) is 5.11 Å². The molecule has 4 heteroatoms. The Kier molecular flexibility index (Phi) is 3.14. The van der Waals surface area contributed by atoms with Crippen molar-refractivity contribution in [2.75, 3.05) is 31.7 Å². The van der Waals surface area contributed by atoms with Crippen LogP contribution in [0.25, 0.3) is 0 Å². The lowest BCUT2D eigenvalue weighted by atomic mass is 9.87. The minimum Gasteiger partial charge on any atom is -0.396 e. The second kappa shape index (κ2) is 4.39. The monoisotopic (exact) mass is 227 g/mol. The van der Waals surface area contributed by atoms with E-state index in [0.717, 1.165) is 5.69 Å². The van der Waals surface area contributed by atoms with Gasteiger partial charge in [0.2, 0.25) is 0 Å². The van der Waals surface area contributed by atoms with Gasteiger partial charge in [0, 0.05) is 17.3 Å². The molecule has 1 heterocycles. The molecule has 0 unspecified atom stereocenters. The van der Waals surface area contributed by atoms with Gasteiger partial charge in [0.05, 0.1) is 25.2 Å². The standard InChI is InChI=1S/C11H14ClNO2/c12-9-2-1-3-10(4-9)13-5-11(6-14)7-15-8-11/h1-4,13-14H,5-8H2. The highest BCUT2D eigenvalue weighted by atomic mass is 35.5. The first-order valence-electron chi connectivity index (χ1n) is 4.92. The molecule has 3 nitrogen and oxygen atoms in total. The fourth-order valence-electron chi connectivity index (χ4n) is 1.53. The maximum Gasteiger partial charge on any atom is 0.0584 e. The Labute approximate surface area is 94.0 Å². The van der Waals surface area contributed by atoms with Crippen LogP contribution in [-0.4, -0.2) is 31.5 Å². The number of rotatable bonds is 4. The molecular weight excluding hydrogens is 214 g/mol. The minimum absolute atomic E-state index is 0.109. The van der Waals surface area contributed by atoms with Gasteiger partial charge in [-0.15, -0.1) is 0 Å². The van der Waals surface area contributed by atoms with E-state index in [1.807, 2.05) is 24.3 Å². The molecule has 0 radical (unpaired) electrons. The number of benzene rings is 1. The summed E-state index contributed by atoms with van der Waals surface area (Å²) in [5.41, 5.74) is 0.865. The molecule has 0 aromatic heterocycles. The van der Waals surface area contributed by atoms with E-state index in [2.05, 4.69) is 5.32 Å². The average Bonchev–Trinajstić information content (AvgIpc) is 2.17. The number of hydrogen-bond donors (Lipinski definition) is 2. The Bertz CT molecular complexity index is 334. The van der Waals surface area contributed by atoms with Crippen molar-refractivity contribution in [3.8, 4) is 0 Å². The number of nitrogens with one attached hydrogen (secondary N) is 1. The number of halogens is 1. The predicted molar refractivity (Wildman–Crippen MR) is 60.3 cm³/mol. The van der Waals surface area contributed by atoms with Gasteiger partial charge >= 0.3 is 0 Å². The fourth-order valence-corrected chi connectivity index (χ4v) is 1.72. The van der Waals surface area contributed by atoms with E-state index in [-0.39, 0.29) is 12.0 Å². The number of aliphatic hydroxyl groups excluding tert-OH is 1. The van der Waals surface area contributed by atoms with Crippen LogP contribution in [0.2, 0.25) is 5.02 Å².